The van der Waals surface area contributed by atoms with E-state index in [1.165, 1.54) is 30.3 Å². The highest BCUT2D eigenvalue weighted by Crippen LogP contribution is 2.21. The molecular weight excluding hydrogens is 428 g/mol. The summed E-state index contributed by atoms with van der Waals surface area (Å²) in [5, 5.41) is 5.27. The molecule has 2 N–H and O–H groups in total. The van der Waals surface area contributed by atoms with Crippen LogP contribution < -0.4 is 15.4 Å². The van der Waals surface area contributed by atoms with E-state index < -0.39 is 24.2 Å². The number of rotatable bonds is 9. The molecule has 0 radical (unpaired) electrons. The molecule has 1 unspecified atom stereocenters. The Morgan fingerprint density at radius 1 is 0.970 bits per heavy atom. The fourth-order valence-corrected chi connectivity index (χ4v) is 3.27. The molecule has 0 aliphatic carbocycles. The van der Waals surface area contributed by atoms with Crippen molar-refractivity contribution in [2.45, 2.75) is 6.04 Å². The van der Waals surface area contributed by atoms with Gasteiger partial charge in [0.2, 0.25) is 0 Å². The summed E-state index contributed by atoms with van der Waals surface area (Å²) < 4.78 is 32.9. The third kappa shape index (κ3) is 6.60. The first-order chi connectivity index (χ1) is 15.8. The van der Waals surface area contributed by atoms with Gasteiger partial charge in [-0.3, -0.25) is 9.59 Å². The number of nitrogens with zero attached hydrogens (tertiary/aromatic N) is 1. The van der Waals surface area contributed by atoms with Gasteiger partial charge in [0.05, 0.1) is 17.3 Å². The third-order valence-electron chi connectivity index (χ3n) is 4.95. The van der Waals surface area contributed by atoms with Gasteiger partial charge < -0.3 is 20.3 Å². The van der Waals surface area contributed by atoms with Crippen LogP contribution in [0.25, 0.3) is 0 Å². The minimum Gasteiger partial charge on any atom is -0.483 e. The third-order valence-corrected chi connectivity index (χ3v) is 4.95. The second kappa shape index (κ2) is 11.2. The van der Waals surface area contributed by atoms with Crippen LogP contribution in [0, 0.1) is 11.6 Å². The summed E-state index contributed by atoms with van der Waals surface area (Å²) in [6.07, 6.45) is 0. The molecule has 0 aromatic heterocycles. The van der Waals surface area contributed by atoms with Crippen LogP contribution in [0.1, 0.15) is 22.0 Å². The maximum absolute atomic E-state index is 13.7. The molecule has 6 nitrogen and oxygen atoms in total. The molecule has 0 aliphatic heterocycles. The van der Waals surface area contributed by atoms with Crippen LogP contribution in [0.5, 0.6) is 5.75 Å². The number of amides is 2. The van der Waals surface area contributed by atoms with Crippen molar-refractivity contribution in [3.63, 3.8) is 0 Å². The van der Waals surface area contributed by atoms with E-state index >= 15 is 0 Å². The highest BCUT2D eigenvalue weighted by molar-refractivity contribution is 5.97. The SMILES string of the molecule is CN(C)C(CNC(=O)c1ccccc1OCC(=O)Nc1ccccc1F)c1cccc(F)c1. The first kappa shape index (κ1) is 23.9. The lowest BCUT2D eigenvalue weighted by atomic mass is 10.1. The maximum atomic E-state index is 13.7. The largest absolute Gasteiger partial charge is 0.483 e. The Morgan fingerprint density at radius 2 is 1.70 bits per heavy atom. The zero-order chi connectivity index (χ0) is 23.8. The van der Waals surface area contributed by atoms with Crippen molar-refractivity contribution in [3.05, 3.63) is 95.6 Å². The highest BCUT2D eigenvalue weighted by atomic mass is 19.1. The molecular formula is C25H25F2N3O3. The first-order valence-electron chi connectivity index (χ1n) is 10.3. The lowest BCUT2D eigenvalue weighted by molar-refractivity contribution is -0.118. The highest BCUT2D eigenvalue weighted by Gasteiger charge is 2.19. The average Bonchev–Trinajstić information content (AvgIpc) is 2.79. The zero-order valence-corrected chi connectivity index (χ0v) is 18.3. The topological polar surface area (TPSA) is 70.7 Å². The van der Waals surface area contributed by atoms with Gasteiger partial charge >= 0.3 is 0 Å². The number of halogens is 2. The average molecular weight is 453 g/mol. The number of hydrogen-bond acceptors (Lipinski definition) is 4. The van der Waals surface area contributed by atoms with Gasteiger partial charge in [-0.25, -0.2) is 8.78 Å². The molecule has 3 aromatic rings. The van der Waals surface area contributed by atoms with Gasteiger partial charge in [0.1, 0.15) is 17.4 Å². The van der Waals surface area contributed by atoms with Crippen molar-refractivity contribution in [2.75, 3.05) is 32.6 Å². The smallest absolute Gasteiger partial charge is 0.262 e. The van der Waals surface area contributed by atoms with Crippen molar-refractivity contribution in [1.82, 2.24) is 10.2 Å². The zero-order valence-electron chi connectivity index (χ0n) is 18.3. The van der Waals surface area contributed by atoms with Crippen LogP contribution in [0.3, 0.4) is 0 Å². The van der Waals surface area contributed by atoms with E-state index in [0.717, 1.165) is 5.56 Å². The molecule has 33 heavy (non-hydrogen) atoms. The van der Waals surface area contributed by atoms with Crippen LogP contribution in [0.2, 0.25) is 0 Å². The second-order valence-corrected chi connectivity index (χ2v) is 7.56. The van der Waals surface area contributed by atoms with Gasteiger partial charge in [-0.1, -0.05) is 36.4 Å². The lowest BCUT2D eigenvalue weighted by Crippen LogP contribution is -2.34. The molecule has 8 heteroatoms. The van der Waals surface area contributed by atoms with Crippen LogP contribution in [-0.4, -0.2) is 44.0 Å². The van der Waals surface area contributed by atoms with Crippen LogP contribution in [-0.2, 0) is 4.79 Å². The predicted octanol–water partition coefficient (Wildman–Crippen LogP) is 4.02. The van der Waals surface area contributed by atoms with E-state index in [4.69, 9.17) is 4.74 Å². The molecule has 0 saturated carbocycles. The van der Waals surface area contributed by atoms with E-state index in [1.807, 2.05) is 19.0 Å². The summed E-state index contributed by atoms with van der Waals surface area (Å²) in [7, 11) is 3.68. The molecule has 0 aliphatic rings. The Kier molecular flexibility index (Phi) is 8.10. The summed E-state index contributed by atoms with van der Waals surface area (Å²) in [5.74, 6) is -1.65. The van der Waals surface area contributed by atoms with Crippen molar-refractivity contribution in [3.8, 4) is 5.75 Å². The molecule has 0 heterocycles. The number of para-hydroxylation sites is 2. The Labute approximate surface area is 191 Å². The minimum atomic E-state index is -0.561. The Hall–Kier alpha value is -3.78. The number of ether oxygens (including phenoxy) is 1. The fraction of sp³-hybridized carbons (Fsp3) is 0.200. The Balaban J connectivity index is 1.63. The van der Waals surface area contributed by atoms with E-state index in [0.29, 0.717) is 0 Å². The number of hydrogen-bond donors (Lipinski definition) is 2. The van der Waals surface area contributed by atoms with Gasteiger partial charge in [-0.2, -0.15) is 0 Å². The van der Waals surface area contributed by atoms with Gasteiger partial charge in [-0.05, 0) is 56.1 Å². The molecule has 0 spiro atoms. The van der Waals surface area contributed by atoms with Crippen molar-refractivity contribution in [1.29, 1.82) is 0 Å². The van der Waals surface area contributed by atoms with E-state index in [2.05, 4.69) is 10.6 Å². The number of benzene rings is 3. The molecule has 1 atom stereocenters. The van der Waals surface area contributed by atoms with E-state index in [-0.39, 0.29) is 35.4 Å². The van der Waals surface area contributed by atoms with Crippen molar-refractivity contribution < 1.29 is 23.1 Å². The summed E-state index contributed by atoms with van der Waals surface area (Å²) in [4.78, 5) is 26.9. The molecule has 172 valence electrons. The quantitative estimate of drug-likeness (QED) is 0.514. The number of nitrogens with one attached hydrogen (secondary N) is 2. The van der Waals surface area contributed by atoms with Gasteiger partial charge in [-0.15, -0.1) is 0 Å². The summed E-state index contributed by atoms with van der Waals surface area (Å²) in [6, 6.07) is 18.3. The van der Waals surface area contributed by atoms with Gasteiger partial charge in [0.15, 0.2) is 6.61 Å². The molecule has 3 aromatic carbocycles. The summed E-state index contributed by atoms with van der Waals surface area (Å²) >= 11 is 0. The summed E-state index contributed by atoms with van der Waals surface area (Å²) in [5.41, 5.74) is 1.02. The minimum absolute atomic E-state index is 0.0456. The standard InChI is InChI=1S/C25H25F2N3O3/c1-30(2)22(17-8-7-9-18(26)14-17)15-28-25(32)19-10-3-6-13-23(19)33-16-24(31)29-21-12-5-4-11-20(21)27/h3-14,22H,15-16H2,1-2H3,(H,28,32)(H,29,31). The van der Waals surface area contributed by atoms with E-state index in [9.17, 15) is 18.4 Å². The molecule has 0 bridgehead atoms. The summed E-state index contributed by atoms with van der Waals surface area (Å²) in [6.45, 7) is -0.167. The lowest BCUT2D eigenvalue weighted by Gasteiger charge is -2.25. The van der Waals surface area contributed by atoms with Gasteiger partial charge in [0.25, 0.3) is 11.8 Å². The van der Waals surface area contributed by atoms with E-state index in [1.54, 1.807) is 42.5 Å². The molecule has 0 saturated heterocycles. The van der Waals surface area contributed by atoms with Crippen molar-refractivity contribution in [2.24, 2.45) is 0 Å². The number of anilines is 1. The Morgan fingerprint density at radius 3 is 2.42 bits per heavy atom. The van der Waals surface area contributed by atoms with Crippen LogP contribution >= 0.6 is 0 Å². The number of carbonyl (C=O) groups excluding carboxylic acids is 2. The number of likely N-dealkylation sites (N-methyl/N-ethyl adjacent to an activating group) is 1. The molecule has 2 amide bonds. The monoisotopic (exact) mass is 453 g/mol. The van der Waals surface area contributed by atoms with Crippen molar-refractivity contribution >= 4 is 17.5 Å². The van der Waals surface area contributed by atoms with Crippen LogP contribution in [0.15, 0.2) is 72.8 Å². The normalized spacial score (nSPS) is 11.7. The predicted molar refractivity (Wildman–Crippen MR) is 122 cm³/mol. The fourth-order valence-electron chi connectivity index (χ4n) is 3.27. The first-order valence-corrected chi connectivity index (χ1v) is 10.3. The molecule has 0 fully saturated rings. The maximum Gasteiger partial charge on any atom is 0.262 e. The Bertz CT molecular complexity index is 1120. The van der Waals surface area contributed by atoms with Gasteiger partial charge in [0, 0.05) is 6.54 Å². The number of carbonyl (C=O) groups is 2. The van der Waals surface area contributed by atoms with Crippen LogP contribution in [0.4, 0.5) is 14.5 Å². The second-order valence-electron chi connectivity index (χ2n) is 7.56. The molecule has 3 rings (SSSR count).